The minimum absolute atomic E-state index is 0.125. The zero-order chi connectivity index (χ0) is 12.8. The Hall–Kier alpha value is -1.36. The first-order valence-electron chi connectivity index (χ1n) is 4.75. The fraction of sp³-hybridized carbons (Fsp3) is 0.500. The van der Waals surface area contributed by atoms with E-state index in [4.69, 9.17) is 27.8 Å². The van der Waals surface area contributed by atoms with Gasteiger partial charge < -0.3 is 21.5 Å². The van der Waals surface area contributed by atoms with Crippen LogP contribution in [-0.2, 0) is 4.74 Å². The van der Waals surface area contributed by atoms with E-state index >= 15 is 0 Å². The number of carbonyl (C=O) groups excluding carboxylic acids is 1. The third kappa shape index (κ3) is 9.21. The molecule has 0 heterocycles. The predicted molar refractivity (Wildman–Crippen MR) is 64.6 cm³/mol. The first kappa shape index (κ1) is 14.6. The molecule has 0 aromatic carbocycles. The SMILES string of the molecule is CC(C)(C)OC(=O)NC/C(N)=C/C=C(\N)Cl. The van der Waals surface area contributed by atoms with Gasteiger partial charge in [0.25, 0.3) is 0 Å². The van der Waals surface area contributed by atoms with E-state index in [-0.39, 0.29) is 11.7 Å². The lowest BCUT2D eigenvalue weighted by atomic mass is 10.2. The Balaban J connectivity index is 4.02. The van der Waals surface area contributed by atoms with Crippen LogP contribution in [0.15, 0.2) is 23.0 Å². The Bertz CT molecular complexity index is 302. The molecule has 0 bridgehead atoms. The Kier molecular flexibility index (Phi) is 5.74. The van der Waals surface area contributed by atoms with Crippen molar-refractivity contribution in [3.05, 3.63) is 23.0 Å². The van der Waals surface area contributed by atoms with Gasteiger partial charge in [0.15, 0.2) is 0 Å². The van der Waals surface area contributed by atoms with Crippen molar-refractivity contribution < 1.29 is 9.53 Å². The highest BCUT2D eigenvalue weighted by molar-refractivity contribution is 6.29. The fourth-order valence-corrected chi connectivity index (χ4v) is 0.797. The standard InChI is InChI=1S/C10H18ClN3O2/c1-10(2,3)16-9(15)14-6-7(12)4-5-8(11)13/h4-5H,6,12-13H2,1-3H3,(H,14,15)/b7-4-,8-5-. The summed E-state index contributed by atoms with van der Waals surface area (Å²) in [5.41, 5.74) is 10.7. The van der Waals surface area contributed by atoms with Crippen LogP contribution in [0.25, 0.3) is 0 Å². The molecule has 92 valence electrons. The van der Waals surface area contributed by atoms with Crippen LogP contribution in [0.5, 0.6) is 0 Å². The van der Waals surface area contributed by atoms with Crippen molar-refractivity contribution in [2.24, 2.45) is 11.5 Å². The largest absolute Gasteiger partial charge is 0.444 e. The summed E-state index contributed by atoms with van der Waals surface area (Å²) in [5.74, 6) is 0. The van der Waals surface area contributed by atoms with E-state index in [2.05, 4.69) is 5.32 Å². The molecule has 16 heavy (non-hydrogen) atoms. The molecule has 0 aliphatic heterocycles. The van der Waals surface area contributed by atoms with Crippen LogP contribution in [0.3, 0.4) is 0 Å². The highest BCUT2D eigenvalue weighted by Gasteiger charge is 2.15. The van der Waals surface area contributed by atoms with E-state index in [0.29, 0.717) is 5.70 Å². The molecule has 0 aromatic rings. The molecule has 1 amide bonds. The molecule has 0 aliphatic carbocycles. The van der Waals surface area contributed by atoms with E-state index in [9.17, 15) is 4.79 Å². The molecule has 0 rings (SSSR count). The van der Waals surface area contributed by atoms with E-state index in [0.717, 1.165) is 0 Å². The summed E-state index contributed by atoms with van der Waals surface area (Å²) in [4.78, 5) is 11.2. The molecule has 0 radical (unpaired) electrons. The van der Waals surface area contributed by atoms with Gasteiger partial charge >= 0.3 is 6.09 Å². The summed E-state index contributed by atoms with van der Waals surface area (Å²) in [6.45, 7) is 5.52. The number of hydrogen-bond acceptors (Lipinski definition) is 4. The lowest BCUT2D eigenvalue weighted by Crippen LogP contribution is -2.34. The zero-order valence-electron chi connectivity index (χ0n) is 9.71. The van der Waals surface area contributed by atoms with Gasteiger partial charge in [-0.2, -0.15) is 0 Å². The van der Waals surface area contributed by atoms with Crippen molar-refractivity contribution in [3.63, 3.8) is 0 Å². The Morgan fingerprint density at radius 2 is 1.94 bits per heavy atom. The molecule has 0 spiro atoms. The lowest BCUT2D eigenvalue weighted by molar-refractivity contribution is 0.0532. The summed E-state index contributed by atoms with van der Waals surface area (Å²) in [6, 6.07) is 0. The average molecular weight is 248 g/mol. The summed E-state index contributed by atoms with van der Waals surface area (Å²) in [7, 11) is 0. The highest BCUT2D eigenvalue weighted by atomic mass is 35.5. The molecule has 0 atom stereocenters. The maximum Gasteiger partial charge on any atom is 0.407 e. The van der Waals surface area contributed by atoms with Crippen LogP contribution >= 0.6 is 11.6 Å². The number of carbonyl (C=O) groups is 1. The zero-order valence-corrected chi connectivity index (χ0v) is 10.5. The number of halogens is 1. The monoisotopic (exact) mass is 247 g/mol. The Morgan fingerprint density at radius 1 is 1.38 bits per heavy atom. The van der Waals surface area contributed by atoms with Crippen molar-refractivity contribution in [2.75, 3.05) is 6.54 Å². The summed E-state index contributed by atoms with van der Waals surface area (Å²) in [6.07, 6.45) is 2.43. The normalized spacial score (nSPS) is 13.5. The minimum atomic E-state index is -0.525. The predicted octanol–water partition coefficient (Wildman–Crippen LogP) is 1.39. The van der Waals surface area contributed by atoms with Crippen molar-refractivity contribution >= 4 is 17.7 Å². The smallest absolute Gasteiger partial charge is 0.407 e. The average Bonchev–Trinajstić information content (AvgIpc) is 2.08. The van der Waals surface area contributed by atoms with Crippen LogP contribution in [-0.4, -0.2) is 18.2 Å². The van der Waals surface area contributed by atoms with Crippen molar-refractivity contribution in [1.82, 2.24) is 5.32 Å². The fourth-order valence-electron chi connectivity index (χ4n) is 0.734. The van der Waals surface area contributed by atoms with Gasteiger partial charge in [0.2, 0.25) is 0 Å². The second kappa shape index (κ2) is 6.27. The molecule has 0 unspecified atom stereocenters. The second-order valence-corrected chi connectivity index (χ2v) is 4.59. The quantitative estimate of drug-likeness (QED) is 0.519. The van der Waals surface area contributed by atoms with E-state index in [1.807, 2.05) is 0 Å². The Morgan fingerprint density at radius 3 is 2.38 bits per heavy atom. The lowest BCUT2D eigenvalue weighted by Gasteiger charge is -2.19. The molecule has 6 heteroatoms. The van der Waals surface area contributed by atoms with Crippen LogP contribution in [0.4, 0.5) is 4.79 Å². The van der Waals surface area contributed by atoms with Crippen LogP contribution in [0.2, 0.25) is 0 Å². The maximum atomic E-state index is 11.2. The summed E-state index contributed by atoms with van der Waals surface area (Å²) >= 11 is 5.40. The molecule has 0 saturated heterocycles. The number of rotatable bonds is 3. The number of nitrogens with one attached hydrogen (secondary N) is 1. The summed E-state index contributed by atoms with van der Waals surface area (Å²) in [5, 5.41) is 2.62. The molecular weight excluding hydrogens is 230 g/mol. The topological polar surface area (TPSA) is 90.4 Å². The van der Waals surface area contributed by atoms with Crippen molar-refractivity contribution in [3.8, 4) is 0 Å². The van der Waals surface area contributed by atoms with Crippen molar-refractivity contribution in [2.45, 2.75) is 26.4 Å². The molecule has 5 nitrogen and oxygen atoms in total. The first-order chi connectivity index (χ1) is 7.20. The molecule has 0 saturated carbocycles. The van der Waals surface area contributed by atoms with Gasteiger partial charge in [-0.05, 0) is 32.9 Å². The third-order valence-corrected chi connectivity index (χ3v) is 1.42. The number of ether oxygens (including phenoxy) is 1. The first-order valence-corrected chi connectivity index (χ1v) is 5.12. The maximum absolute atomic E-state index is 11.2. The van der Waals surface area contributed by atoms with Gasteiger partial charge in [-0.3, -0.25) is 0 Å². The van der Waals surface area contributed by atoms with Gasteiger partial charge in [-0.15, -0.1) is 0 Å². The van der Waals surface area contributed by atoms with E-state index in [1.165, 1.54) is 12.2 Å². The number of nitrogens with two attached hydrogens (primary N) is 2. The number of alkyl carbamates (subject to hydrolysis) is 1. The highest BCUT2D eigenvalue weighted by Crippen LogP contribution is 2.06. The van der Waals surface area contributed by atoms with Crippen LogP contribution < -0.4 is 16.8 Å². The van der Waals surface area contributed by atoms with E-state index in [1.54, 1.807) is 20.8 Å². The molecule has 0 fully saturated rings. The number of allylic oxidation sites excluding steroid dienone is 2. The number of hydrogen-bond donors (Lipinski definition) is 3. The van der Waals surface area contributed by atoms with Gasteiger partial charge in [-0.25, -0.2) is 4.79 Å². The van der Waals surface area contributed by atoms with E-state index < -0.39 is 11.7 Å². The van der Waals surface area contributed by atoms with Crippen LogP contribution in [0, 0.1) is 0 Å². The van der Waals surface area contributed by atoms with Gasteiger partial charge in [0.05, 0.1) is 11.7 Å². The van der Waals surface area contributed by atoms with Gasteiger partial charge in [0, 0.05) is 5.70 Å². The van der Waals surface area contributed by atoms with Gasteiger partial charge in [0.1, 0.15) is 5.60 Å². The van der Waals surface area contributed by atoms with Crippen molar-refractivity contribution in [1.29, 1.82) is 0 Å². The molecular formula is C10H18ClN3O2. The molecule has 0 aromatic heterocycles. The third-order valence-electron chi connectivity index (χ3n) is 1.29. The molecule has 5 N–H and O–H groups in total. The van der Waals surface area contributed by atoms with Gasteiger partial charge in [-0.1, -0.05) is 11.6 Å². The number of amides is 1. The Labute approximate surface area is 100 Å². The summed E-state index contributed by atoms with van der Waals surface area (Å²) < 4.78 is 5.01. The molecule has 0 aliphatic rings. The second-order valence-electron chi connectivity index (χ2n) is 4.15. The minimum Gasteiger partial charge on any atom is -0.444 e. The van der Waals surface area contributed by atoms with Crippen LogP contribution in [0.1, 0.15) is 20.8 Å².